The predicted molar refractivity (Wildman–Crippen MR) is 70.8 cm³/mol. The van der Waals surface area contributed by atoms with Crippen LogP contribution in [-0.4, -0.2) is 31.9 Å². The molecular weight excluding hydrogens is 226 g/mol. The van der Waals surface area contributed by atoms with Crippen molar-refractivity contribution in [2.75, 3.05) is 19.8 Å². The zero-order chi connectivity index (χ0) is 12.2. The molecule has 0 radical (unpaired) electrons. The Kier molecular flexibility index (Phi) is 3.81. The van der Waals surface area contributed by atoms with Crippen molar-refractivity contribution in [3.05, 3.63) is 30.3 Å². The molecule has 1 saturated carbocycles. The van der Waals surface area contributed by atoms with Crippen LogP contribution in [0.5, 0.6) is 5.75 Å². The van der Waals surface area contributed by atoms with E-state index in [0.29, 0.717) is 12.1 Å². The highest BCUT2D eigenvalue weighted by Gasteiger charge is 2.40. The van der Waals surface area contributed by atoms with Gasteiger partial charge in [-0.3, -0.25) is 0 Å². The standard InChI is InChI=1S/C15H21NO2/c1-2-4-13(5-3-1)17-11-9-16-14-8-10-18-15(14)12-6-7-12/h1-5,12,14-16H,6-11H2. The molecule has 18 heavy (non-hydrogen) atoms. The topological polar surface area (TPSA) is 30.5 Å². The van der Waals surface area contributed by atoms with Gasteiger partial charge in [-0.25, -0.2) is 0 Å². The largest absolute Gasteiger partial charge is 0.492 e. The summed E-state index contributed by atoms with van der Waals surface area (Å²) >= 11 is 0. The minimum atomic E-state index is 0.460. The Labute approximate surface area is 108 Å². The van der Waals surface area contributed by atoms with E-state index in [9.17, 15) is 0 Å². The van der Waals surface area contributed by atoms with E-state index in [4.69, 9.17) is 9.47 Å². The van der Waals surface area contributed by atoms with Crippen LogP contribution < -0.4 is 10.1 Å². The number of benzene rings is 1. The van der Waals surface area contributed by atoms with Gasteiger partial charge in [-0.1, -0.05) is 18.2 Å². The number of nitrogens with one attached hydrogen (secondary N) is 1. The van der Waals surface area contributed by atoms with Crippen LogP contribution in [0, 0.1) is 5.92 Å². The summed E-state index contributed by atoms with van der Waals surface area (Å²) in [5.74, 6) is 1.76. The van der Waals surface area contributed by atoms with Gasteiger partial charge in [0.1, 0.15) is 12.4 Å². The molecular formula is C15H21NO2. The second-order valence-corrected chi connectivity index (χ2v) is 5.18. The predicted octanol–water partition coefficient (Wildman–Crippen LogP) is 2.22. The molecule has 2 atom stereocenters. The normalized spacial score (nSPS) is 27.3. The number of rotatable bonds is 6. The van der Waals surface area contributed by atoms with Crippen LogP contribution in [0.2, 0.25) is 0 Å². The van der Waals surface area contributed by atoms with Crippen molar-refractivity contribution < 1.29 is 9.47 Å². The van der Waals surface area contributed by atoms with Gasteiger partial charge in [-0.2, -0.15) is 0 Å². The van der Waals surface area contributed by atoms with Gasteiger partial charge in [-0.05, 0) is 37.3 Å². The third-order valence-electron chi connectivity index (χ3n) is 3.74. The Morgan fingerprint density at radius 1 is 1.17 bits per heavy atom. The molecule has 1 aromatic carbocycles. The first-order valence-electron chi connectivity index (χ1n) is 6.96. The van der Waals surface area contributed by atoms with E-state index in [1.165, 1.54) is 12.8 Å². The Morgan fingerprint density at radius 3 is 2.78 bits per heavy atom. The monoisotopic (exact) mass is 247 g/mol. The molecule has 1 N–H and O–H groups in total. The molecule has 0 aromatic heterocycles. The molecule has 2 unspecified atom stereocenters. The van der Waals surface area contributed by atoms with Crippen LogP contribution in [0.15, 0.2) is 30.3 Å². The molecule has 1 aromatic rings. The summed E-state index contributed by atoms with van der Waals surface area (Å²) in [6.45, 7) is 2.53. The zero-order valence-electron chi connectivity index (χ0n) is 10.7. The van der Waals surface area contributed by atoms with Gasteiger partial charge in [0.2, 0.25) is 0 Å². The first-order valence-corrected chi connectivity index (χ1v) is 6.96. The summed E-state index contributed by atoms with van der Waals surface area (Å²) in [6.07, 6.45) is 4.31. The number of hydrogen-bond donors (Lipinski definition) is 1. The van der Waals surface area contributed by atoms with E-state index < -0.39 is 0 Å². The van der Waals surface area contributed by atoms with Crippen molar-refractivity contribution >= 4 is 0 Å². The Bertz CT molecular complexity index is 364. The summed E-state index contributed by atoms with van der Waals surface area (Å²) in [4.78, 5) is 0. The van der Waals surface area contributed by atoms with Crippen LogP contribution in [0.25, 0.3) is 0 Å². The maximum atomic E-state index is 5.80. The summed E-state index contributed by atoms with van der Waals surface area (Å²) in [6, 6.07) is 10.5. The smallest absolute Gasteiger partial charge is 0.119 e. The lowest BCUT2D eigenvalue weighted by molar-refractivity contribution is 0.0804. The van der Waals surface area contributed by atoms with Crippen molar-refractivity contribution in [1.82, 2.24) is 5.32 Å². The molecule has 1 aliphatic carbocycles. The minimum Gasteiger partial charge on any atom is -0.492 e. The van der Waals surface area contributed by atoms with Crippen LogP contribution in [-0.2, 0) is 4.74 Å². The second-order valence-electron chi connectivity index (χ2n) is 5.18. The Morgan fingerprint density at radius 2 is 2.00 bits per heavy atom. The maximum absolute atomic E-state index is 5.80. The highest BCUT2D eigenvalue weighted by atomic mass is 16.5. The van der Waals surface area contributed by atoms with E-state index in [-0.39, 0.29) is 0 Å². The van der Waals surface area contributed by atoms with Gasteiger partial charge >= 0.3 is 0 Å². The van der Waals surface area contributed by atoms with Gasteiger partial charge in [-0.15, -0.1) is 0 Å². The molecule has 2 aliphatic rings. The lowest BCUT2D eigenvalue weighted by Crippen LogP contribution is -2.39. The summed E-state index contributed by atoms with van der Waals surface area (Å²) in [5, 5.41) is 3.57. The summed E-state index contributed by atoms with van der Waals surface area (Å²) in [7, 11) is 0. The molecule has 2 fully saturated rings. The van der Waals surface area contributed by atoms with Crippen molar-refractivity contribution in [3.8, 4) is 5.75 Å². The van der Waals surface area contributed by atoms with E-state index in [1.807, 2.05) is 30.3 Å². The average molecular weight is 247 g/mol. The lowest BCUT2D eigenvalue weighted by atomic mass is 10.1. The van der Waals surface area contributed by atoms with Crippen molar-refractivity contribution in [2.45, 2.75) is 31.4 Å². The molecule has 0 amide bonds. The lowest BCUT2D eigenvalue weighted by Gasteiger charge is -2.19. The average Bonchev–Trinajstić information content (AvgIpc) is 3.16. The third-order valence-corrected chi connectivity index (χ3v) is 3.74. The summed E-state index contributed by atoms with van der Waals surface area (Å²) in [5.41, 5.74) is 0. The quantitative estimate of drug-likeness (QED) is 0.782. The molecule has 3 heteroatoms. The minimum absolute atomic E-state index is 0.460. The van der Waals surface area contributed by atoms with Gasteiger partial charge < -0.3 is 14.8 Å². The van der Waals surface area contributed by atoms with Gasteiger partial charge in [0.05, 0.1) is 6.10 Å². The summed E-state index contributed by atoms with van der Waals surface area (Å²) < 4.78 is 11.5. The fourth-order valence-corrected chi connectivity index (χ4v) is 2.65. The van der Waals surface area contributed by atoms with Crippen LogP contribution in [0.4, 0.5) is 0 Å². The first kappa shape index (κ1) is 12.0. The maximum Gasteiger partial charge on any atom is 0.119 e. The molecule has 1 aliphatic heterocycles. The first-order chi connectivity index (χ1) is 8.93. The number of ether oxygens (including phenoxy) is 2. The molecule has 0 spiro atoms. The highest BCUT2D eigenvalue weighted by Crippen LogP contribution is 2.38. The van der Waals surface area contributed by atoms with Gasteiger partial charge in [0, 0.05) is 19.2 Å². The molecule has 0 bridgehead atoms. The molecule has 98 valence electrons. The van der Waals surface area contributed by atoms with Crippen LogP contribution in [0.1, 0.15) is 19.3 Å². The Hall–Kier alpha value is -1.06. The number of para-hydroxylation sites is 1. The fourth-order valence-electron chi connectivity index (χ4n) is 2.65. The molecule has 1 heterocycles. The fraction of sp³-hybridized carbons (Fsp3) is 0.600. The highest BCUT2D eigenvalue weighted by molar-refractivity contribution is 5.20. The van der Waals surface area contributed by atoms with Crippen molar-refractivity contribution in [1.29, 1.82) is 0 Å². The van der Waals surface area contributed by atoms with Gasteiger partial charge in [0.15, 0.2) is 0 Å². The number of hydrogen-bond acceptors (Lipinski definition) is 3. The van der Waals surface area contributed by atoms with Crippen LogP contribution in [0.3, 0.4) is 0 Å². The second kappa shape index (κ2) is 5.72. The van der Waals surface area contributed by atoms with Crippen molar-refractivity contribution in [2.24, 2.45) is 5.92 Å². The molecule has 3 nitrogen and oxygen atoms in total. The zero-order valence-corrected chi connectivity index (χ0v) is 10.7. The third kappa shape index (κ3) is 3.03. The molecule has 3 rings (SSSR count). The van der Waals surface area contributed by atoms with Crippen LogP contribution >= 0.6 is 0 Å². The van der Waals surface area contributed by atoms with E-state index in [0.717, 1.165) is 37.8 Å². The van der Waals surface area contributed by atoms with E-state index in [1.54, 1.807) is 0 Å². The SMILES string of the molecule is c1ccc(OCCNC2CCOC2C2CC2)cc1. The van der Waals surface area contributed by atoms with Gasteiger partial charge in [0.25, 0.3) is 0 Å². The Balaban J connectivity index is 1.37. The van der Waals surface area contributed by atoms with E-state index in [2.05, 4.69) is 5.32 Å². The van der Waals surface area contributed by atoms with E-state index >= 15 is 0 Å². The van der Waals surface area contributed by atoms with Crippen molar-refractivity contribution in [3.63, 3.8) is 0 Å². The molecule has 1 saturated heterocycles.